The summed E-state index contributed by atoms with van der Waals surface area (Å²) in [5.74, 6) is -0.537. The molecular formula is C33H32N4O4S. The number of carbonyl (C=O) groups excluding carboxylic acids is 2. The fourth-order valence-electron chi connectivity index (χ4n) is 4.87. The number of fused-ring (bicyclic) bond motifs is 2. The van der Waals surface area contributed by atoms with E-state index in [-0.39, 0.29) is 5.56 Å². The zero-order valence-corrected chi connectivity index (χ0v) is 24.7. The van der Waals surface area contributed by atoms with E-state index in [4.69, 9.17) is 9.47 Å². The van der Waals surface area contributed by atoms with Gasteiger partial charge < -0.3 is 25.1 Å². The summed E-state index contributed by atoms with van der Waals surface area (Å²) in [5, 5.41) is 18.5. The number of carbonyl (C=O) groups is 2. The van der Waals surface area contributed by atoms with Gasteiger partial charge in [-0.05, 0) is 74.0 Å². The van der Waals surface area contributed by atoms with Crippen LogP contribution in [-0.2, 0) is 15.9 Å². The molecule has 0 spiro atoms. The van der Waals surface area contributed by atoms with Crippen LogP contribution in [0, 0.1) is 11.3 Å². The van der Waals surface area contributed by atoms with Crippen LogP contribution in [0.2, 0.25) is 0 Å². The van der Waals surface area contributed by atoms with Crippen molar-refractivity contribution in [2.24, 2.45) is 0 Å². The Kier molecular flexibility index (Phi) is 8.18. The number of H-pyrrole nitrogens is 1. The quantitative estimate of drug-likeness (QED) is 0.166. The van der Waals surface area contributed by atoms with Gasteiger partial charge in [-0.2, -0.15) is 5.26 Å². The van der Waals surface area contributed by atoms with Gasteiger partial charge in [-0.1, -0.05) is 42.5 Å². The van der Waals surface area contributed by atoms with Gasteiger partial charge in [0.25, 0.3) is 0 Å². The Labute approximate surface area is 248 Å². The second kappa shape index (κ2) is 12.0. The molecule has 2 atom stereocenters. The maximum Gasteiger partial charge on any atom is 0.407 e. The molecule has 3 N–H and O–H groups in total. The van der Waals surface area contributed by atoms with Crippen LogP contribution in [0.15, 0.2) is 79.0 Å². The number of para-hydroxylation sites is 1. The first kappa shape index (κ1) is 28.7. The van der Waals surface area contributed by atoms with E-state index in [2.05, 4.69) is 39.9 Å². The fourth-order valence-corrected chi connectivity index (χ4v) is 5.92. The van der Waals surface area contributed by atoms with E-state index in [1.54, 1.807) is 44.2 Å². The summed E-state index contributed by atoms with van der Waals surface area (Å²) < 4.78 is 11.8. The SMILES string of the molecule is COC(=O)c1cc(-c2cc3ccccc3s2)ccc1N[C@@H](C#N)[C@H](Cc1c[nH]c2ccccc12)NC(=O)OC(C)(C)C. The predicted molar refractivity (Wildman–Crippen MR) is 167 cm³/mol. The minimum absolute atomic E-state index is 0.288. The second-order valence-corrected chi connectivity index (χ2v) is 12.1. The molecule has 0 aliphatic heterocycles. The van der Waals surface area contributed by atoms with E-state index < -0.39 is 29.7 Å². The Balaban J connectivity index is 1.48. The molecule has 5 aromatic rings. The Morgan fingerprint density at radius 1 is 1.05 bits per heavy atom. The Morgan fingerprint density at radius 2 is 1.81 bits per heavy atom. The number of nitrogens with zero attached hydrogens (tertiary/aromatic N) is 1. The molecule has 0 bridgehead atoms. The number of aromatic amines is 1. The van der Waals surface area contributed by atoms with Crippen molar-refractivity contribution in [3.63, 3.8) is 0 Å². The maximum absolute atomic E-state index is 12.9. The van der Waals surface area contributed by atoms with Crippen LogP contribution >= 0.6 is 11.3 Å². The molecule has 3 aromatic carbocycles. The minimum Gasteiger partial charge on any atom is -0.465 e. The normalized spacial score (nSPS) is 12.8. The first-order chi connectivity index (χ1) is 20.1. The molecule has 0 aliphatic rings. The van der Waals surface area contributed by atoms with E-state index in [1.807, 2.05) is 48.7 Å². The van der Waals surface area contributed by atoms with Crippen LogP contribution in [0.4, 0.5) is 10.5 Å². The number of amides is 1. The first-order valence-electron chi connectivity index (χ1n) is 13.6. The summed E-state index contributed by atoms with van der Waals surface area (Å²) in [6.45, 7) is 5.34. The highest BCUT2D eigenvalue weighted by molar-refractivity contribution is 7.22. The predicted octanol–water partition coefficient (Wildman–Crippen LogP) is 7.28. The van der Waals surface area contributed by atoms with Crippen molar-refractivity contribution in [2.75, 3.05) is 12.4 Å². The molecule has 2 heterocycles. The molecule has 5 rings (SSSR count). The average Bonchev–Trinajstić information content (AvgIpc) is 3.58. The number of hydrogen-bond donors (Lipinski definition) is 3. The number of aromatic nitrogens is 1. The zero-order valence-electron chi connectivity index (χ0n) is 23.9. The molecular weight excluding hydrogens is 548 g/mol. The zero-order chi connectivity index (χ0) is 29.9. The highest BCUT2D eigenvalue weighted by Gasteiger charge is 2.28. The van der Waals surface area contributed by atoms with Crippen molar-refractivity contribution >= 4 is 50.1 Å². The van der Waals surface area contributed by atoms with Crippen molar-refractivity contribution in [3.05, 3.63) is 90.1 Å². The van der Waals surface area contributed by atoms with Gasteiger partial charge in [-0.3, -0.25) is 0 Å². The smallest absolute Gasteiger partial charge is 0.407 e. The number of rotatable bonds is 8. The van der Waals surface area contributed by atoms with Gasteiger partial charge in [0.2, 0.25) is 0 Å². The maximum atomic E-state index is 12.9. The van der Waals surface area contributed by atoms with Crippen molar-refractivity contribution < 1.29 is 19.1 Å². The average molecular weight is 581 g/mol. The van der Waals surface area contributed by atoms with Gasteiger partial charge in [0.15, 0.2) is 0 Å². The minimum atomic E-state index is -0.912. The number of thiophene rings is 1. The third-order valence-electron chi connectivity index (χ3n) is 6.80. The highest BCUT2D eigenvalue weighted by Crippen LogP contribution is 2.35. The monoisotopic (exact) mass is 580 g/mol. The van der Waals surface area contributed by atoms with Crippen molar-refractivity contribution in [3.8, 4) is 16.5 Å². The van der Waals surface area contributed by atoms with E-state index in [0.717, 1.165) is 37.0 Å². The number of methoxy groups -OCH3 is 1. The second-order valence-electron chi connectivity index (χ2n) is 11.0. The third kappa shape index (κ3) is 6.40. The molecule has 0 radical (unpaired) electrons. The lowest BCUT2D eigenvalue weighted by atomic mass is 9.98. The molecule has 214 valence electrons. The van der Waals surface area contributed by atoms with Crippen LogP contribution in [0.5, 0.6) is 0 Å². The number of benzene rings is 3. The summed E-state index contributed by atoms with van der Waals surface area (Å²) in [4.78, 5) is 30.1. The van der Waals surface area contributed by atoms with Crippen LogP contribution in [0.25, 0.3) is 31.4 Å². The molecule has 9 heteroatoms. The standard InChI is InChI=1S/C33H32N4O4S/c1-33(2,3)41-32(39)37-27(16-22-19-35-25-11-7-6-10-23(22)25)28(18-34)36-26-14-13-21(15-24(26)31(38)40-4)30-17-20-9-5-8-12-29(20)42-30/h5-15,17,19,27-28,35-36H,16H2,1-4H3,(H,37,39)/t27-,28-/m0/s1. The van der Waals surface area contributed by atoms with E-state index in [0.29, 0.717) is 12.1 Å². The topological polar surface area (TPSA) is 116 Å². The lowest BCUT2D eigenvalue weighted by Crippen LogP contribution is -2.49. The number of hydrogen-bond acceptors (Lipinski definition) is 7. The molecule has 0 saturated carbocycles. The summed E-state index contributed by atoms with van der Waals surface area (Å²) in [6, 6.07) is 24.1. The number of esters is 1. The molecule has 2 aromatic heterocycles. The van der Waals surface area contributed by atoms with Crippen LogP contribution in [-0.4, -0.2) is 41.8 Å². The van der Waals surface area contributed by atoms with Crippen molar-refractivity contribution in [1.82, 2.24) is 10.3 Å². The molecule has 0 saturated heterocycles. The van der Waals surface area contributed by atoms with Crippen LogP contribution in [0.1, 0.15) is 36.7 Å². The van der Waals surface area contributed by atoms with Gasteiger partial charge in [-0.25, -0.2) is 9.59 Å². The van der Waals surface area contributed by atoms with Gasteiger partial charge in [0.05, 0.1) is 24.8 Å². The number of nitriles is 1. The Bertz CT molecular complexity index is 1760. The van der Waals surface area contributed by atoms with Crippen molar-refractivity contribution in [1.29, 1.82) is 5.26 Å². The van der Waals surface area contributed by atoms with Gasteiger partial charge >= 0.3 is 12.1 Å². The molecule has 1 amide bonds. The molecule has 0 fully saturated rings. The van der Waals surface area contributed by atoms with Crippen molar-refractivity contribution in [2.45, 2.75) is 44.9 Å². The number of alkyl carbamates (subject to hydrolysis) is 1. The van der Waals surface area contributed by atoms with Crippen LogP contribution < -0.4 is 10.6 Å². The van der Waals surface area contributed by atoms with Gasteiger partial charge in [-0.15, -0.1) is 11.3 Å². The lowest BCUT2D eigenvalue weighted by molar-refractivity contribution is 0.0501. The summed E-state index contributed by atoms with van der Waals surface area (Å²) in [5.41, 5.74) is 2.74. The molecule has 0 aliphatic carbocycles. The van der Waals surface area contributed by atoms with Gasteiger partial charge in [0.1, 0.15) is 11.6 Å². The first-order valence-corrected chi connectivity index (χ1v) is 14.4. The highest BCUT2D eigenvalue weighted by atomic mass is 32.1. The molecule has 42 heavy (non-hydrogen) atoms. The summed E-state index contributed by atoms with van der Waals surface area (Å²) in [7, 11) is 1.32. The Morgan fingerprint density at radius 3 is 2.55 bits per heavy atom. The molecule has 8 nitrogen and oxygen atoms in total. The van der Waals surface area contributed by atoms with E-state index in [1.165, 1.54) is 7.11 Å². The largest absolute Gasteiger partial charge is 0.465 e. The third-order valence-corrected chi connectivity index (χ3v) is 7.97. The van der Waals surface area contributed by atoms with Crippen LogP contribution in [0.3, 0.4) is 0 Å². The summed E-state index contributed by atoms with van der Waals surface area (Å²) >= 11 is 1.63. The fraction of sp³-hybridized carbons (Fsp3) is 0.242. The summed E-state index contributed by atoms with van der Waals surface area (Å²) in [6.07, 6.45) is 1.58. The van der Waals surface area contributed by atoms with E-state index in [9.17, 15) is 14.9 Å². The van der Waals surface area contributed by atoms with Gasteiger partial charge in [0, 0.05) is 32.4 Å². The Hall–Kier alpha value is -4.81. The van der Waals surface area contributed by atoms with E-state index >= 15 is 0 Å². The number of anilines is 1. The molecule has 0 unspecified atom stereocenters. The lowest BCUT2D eigenvalue weighted by Gasteiger charge is -2.27. The number of ether oxygens (including phenoxy) is 2. The number of nitrogens with one attached hydrogen (secondary N) is 3.